The highest BCUT2D eigenvalue weighted by atomic mass is 32.1. The summed E-state index contributed by atoms with van der Waals surface area (Å²) in [6, 6.07) is 6.20. The molecule has 112 valence electrons. The molecule has 2 aromatic heterocycles. The first-order valence-corrected chi connectivity index (χ1v) is 7.47. The SMILES string of the molecule is O=C(O)CCNc1ncnc2scc(-c3ccc(F)cc3)c12. The van der Waals surface area contributed by atoms with Gasteiger partial charge in [0.1, 0.15) is 22.8 Å². The van der Waals surface area contributed by atoms with Crippen LogP contribution in [0.2, 0.25) is 0 Å². The average molecular weight is 317 g/mol. The lowest BCUT2D eigenvalue weighted by atomic mass is 10.1. The van der Waals surface area contributed by atoms with Crippen molar-refractivity contribution in [3.8, 4) is 11.1 Å². The van der Waals surface area contributed by atoms with Crippen LogP contribution in [0.4, 0.5) is 10.2 Å². The quantitative estimate of drug-likeness (QED) is 0.754. The molecule has 0 amide bonds. The van der Waals surface area contributed by atoms with Crippen LogP contribution < -0.4 is 5.32 Å². The van der Waals surface area contributed by atoms with Crippen LogP contribution in [-0.4, -0.2) is 27.6 Å². The molecule has 0 unspecified atom stereocenters. The molecule has 0 radical (unpaired) electrons. The Bertz CT molecular complexity index is 817. The van der Waals surface area contributed by atoms with Gasteiger partial charge in [0.25, 0.3) is 0 Å². The van der Waals surface area contributed by atoms with Gasteiger partial charge in [0.15, 0.2) is 0 Å². The normalized spacial score (nSPS) is 10.8. The number of benzene rings is 1. The van der Waals surface area contributed by atoms with Crippen LogP contribution in [0.1, 0.15) is 6.42 Å². The van der Waals surface area contributed by atoms with Gasteiger partial charge in [-0.3, -0.25) is 4.79 Å². The zero-order chi connectivity index (χ0) is 15.5. The van der Waals surface area contributed by atoms with E-state index in [-0.39, 0.29) is 18.8 Å². The number of rotatable bonds is 5. The second-order valence-electron chi connectivity index (χ2n) is 4.63. The standard InChI is InChI=1S/C15H12FN3O2S/c16-10-3-1-9(2-4-10)11-7-22-15-13(11)14(18-8-19-15)17-6-5-12(20)21/h1-4,7-8H,5-6H2,(H,20,21)(H,17,18,19). The van der Waals surface area contributed by atoms with Crippen molar-refractivity contribution in [2.45, 2.75) is 6.42 Å². The Hall–Kier alpha value is -2.54. The molecule has 0 saturated carbocycles. The largest absolute Gasteiger partial charge is 0.481 e. The summed E-state index contributed by atoms with van der Waals surface area (Å²) in [5.74, 6) is -0.576. The third kappa shape index (κ3) is 2.89. The number of aromatic nitrogens is 2. The van der Waals surface area contributed by atoms with Gasteiger partial charge in [-0.05, 0) is 17.7 Å². The number of halogens is 1. The van der Waals surface area contributed by atoms with Gasteiger partial charge < -0.3 is 10.4 Å². The van der Waals surface area contributed by atoms with Crippen molar-refractivity contribution in [2.24, 2.45) is 0 Å². The lowest BCUT2D eigenvalue weighted by Gasteiger charge is -2.07. The van der Waals surface area contributed by atoms with E-state index in [1.807, 2.05) is 5.38 Å². The van der Waals surface area contributed by atoms with Gasteiger partial charge in [-0.15, -0.1) is 11.3 Å². The highest BCUT2D eigenvalue weighted by molar-refractivity contribution is 7.17. The number of thiophene rings is 1. The van der Waals surface area contributed by atoms with Crippen LogP contribution >= 0.6 is 11.3 Å². The summed E-state index contributed by atoms with van der Waals surface area (Å²) in [5, 5.41) is 14.5. The number of aliphatic carboxylic acids is 1. The molecule has 0 aliphatic heterocycles. The van der Waals surface area contributed by atoms with Crippen LogP contribution in [0, 0.1) is 5.82 Å². The van der Waals surface area contributed by atoms with Crippen molar-refractivity contribution < 1.29 is 14.3 Å². The molecule has 0 saturated heterocycles. The second kappa shape index (κ2) is 6.07. The summed E-state index contributed by atoms with van der Waals surface area (Å²) in [6.45, 7) is 0.278. The number of carboxylic acids is 1. The zero-order valence-electron chi connectivity index (χ0n) is 11.4. The summed E-state index contributed by atoms with van der Waals surface area (Å²) >= 11 is 1.47. The molecule has 0 atom stereocenters. The van der Waals surface area contributed by atoms with E-state index < -0.39 is 5.97 Å². The Morgan fingerprint density at radius 3 is 2.77 bits per heavy atom. The van der Waals surface area contributed by atoms with E-state index in [1.54, 1.807) is 12.1 Å². The molecule has 2 heterocycles. The number of carbonyl (C=O) groups is 1. The Kier molecular flexibility index (Phi) is 3.97. The van der Waals surface area contributed by atoms with Crippen LogP contribution in [0.25, 0.3) is 21.3 Å². The zero-order valence-corrected chi connectivity index (χ0v) is 12.2. The molecule has 22 heavy (non-hydrogen) atoms. The minimum absolute atomic E-state index is 0.00150. The molecule has 0 aliphatic rings. The number of hydrogen-bond donors (Lipinski definition) is 2. The highest BCUT2D eigenvalue weighted by Crippen LogP contribution is 2.36. The lowest BCUT2D eigenvalue weighted by molar-refractivity contribution is -0.136. The third-order valence-corrected chi connectivity index (χ3v) is 4.04. The van der Waals surface area contributed by atoms with Gasteiger partial charge in [0.2, 0.25) is 0 Å². The van der Waals surface area contributed by atoms with Gasteiger partial charge in [-0.1, -0.05) is 12.1 Å². The van der Waals surface area contributed by atoms with Crippen molar-refractivity contribution in [1.29, 1.82) is 0 Å². The van der Waals surface area contributed by atoms with Gasteiger partial charge in [-0.2, -0.15) is 0 Å². The maximum absolute atomic E-state index is 13.1. The first-order chi connectivity index (χ1) is 10.6. The second-order valence-corrected chi connectivity index (χ2v) is 5.49. The van der Waals surface area contributed by atoms with Crippen molar-refractivity contribution in [1.82, 2.24) is 9.97 Å². The molecule has 7 heteroatoms. The maximum atomic E-state index is 13.1. The Morgan fingerprint density at radius 2 is 2.05 bits per heavy atom. The number of carboxylic acid groups (broad SMARTS) is 1. The van der Waals surface area contributed by atoms with Crippen molar-refractivity contribution in [3.05, 3.63) is 41.8 Å². The first kappa shape index (κ1) is 14.4. The van der Waals surface area contributed by atoms with Crippen LogP contribution in [0.15, 0.2) is 36.0 Å². The van der Waals surface area contributed by atoms with Crippen molar-refractivity contribution >= 4 is 33.3 Å². The molecular formula is C15H12FN3O2S. The van der Waals surface area contributed by atoms with Crippen molar-refractivity contribution in [3.63, 3.8) is 0 Å². The molecule has 0 spiro atoms. The first-order valence-electron chi connectivity index (χ1n) is 6.59. The predicted molar refractivity (Wildman–Crippen MR) is 83.6 cm³/mol. The summed E-state index contributed by atoms with van der Waals surface area (Å²) in [5.41, 5.74) is 1.77. The topological polar surface area (TPSA) is 75.1 Å². The Morgan fingerprint density at radius 1 is 1.27 bits per heavy atom. The van der Waals surface area contributed by atoms with Crippen LogP contribution in [-0.2, 0) is 4.79 Å². The number of nitrogens with one attached hydrogen (secondary N) is 1. The fourth-order valence-electron chi connectivity index (χ4n) is 2.14. The minimum atomic E-state index is -0.873. The van der Waals surface area contributed by atoms with E-state index in [2.05, 4.69) is 15.3 Å². The molecule has 0 aliphatic carbocycles. The van der Waals surface area contributed by atoms with E-state index in [0.29, 0.717) is 5.82 Å². The average Bonchev–Trinajstić information content (AvgIpc) is 2.93. The van der Waals surface area contributed by atoms with E-state index in [0.717, 1.165) is 21.3 Å². The van der Waals surface area contributed by atoms with E-state index in [4.69, 9.17) is 5.11 Å². The molecule has 5 nitrogen and oxygen atoms in total. The van der Waals surface area contributed by atoms with E-state index >= 15 is 0 Å². The summed E-state index contributed by atoms with van der Waals surface area (Å²) in [7, 11) is 0. The number of anilines is 1. The Balaban J connectivity index is 2.00. The fraction of sp³-hybridized carbons (Fsp3) is 0.133. The monoisotopic (exact) mass is 317 g/mol. The molecule has 0 bridgehead atoms. The third-order valence-electron chi connectivity index (χ3n) is 3.16. The van der Waals surface area contributed by atoms with Gasteiger partial charge in [-0.25, -0.2) is 14.4 Å². The fourth-order valence-corrected chi connectivity index (χ4v) is 3.05. The van der Waals surface area contributed by atoms with Crippen molar-refractivity contribution in [2.75, 3.05) is 11.9 Å². The number of nitrogens with zero attached hydrogens (tertiary/aromatic N) is 2. The molecule has 0 fully saturated rings. The van der Waals surface area contributed by atoms with Crippen LogP contribution in [0.3, 0.4) is 0 Å². The summed E-state index contributed by atoms with van der Waals surface area (Å²) in [6.07, 6.45) is 1.44. The summed E-state index contributed by atoms with van der Waals surface area (Å²) < 4.78 is 13.1. The molecule has 3 rings (SSSR count). The molecule has 3 aromatic rings. The smallest absolute Gasteiger partial charge is 0.305 e. The summed E-state index contributed by atoms with van der Waals surface area (Å²) in [4.78, 5) is 19.8. The van der Waals surface area contributed by atoms with E-state index in [1.165, 1.54) is 29.8 Å². The number of hydrogen-bond acceptors (Lipinski definition) is 5. The van der Waals surface area contributed by atoms with Crippen LogP contribution in [0.5, 0.6) is 0 Å². The molecule has 1 aromatic carbocycles. The molecular weight excluding hydrogens is 305 g/mol. The number of fused-ring (bicyclic) bond motifs is 1. The van der Waals surface area contributed by atoms with Gasteiger partial charge >= 0.3 is 5.97 Å². The van der Waals surface area contributed by atoms with Gasteiger partial charge in [0, 0.05) is 17.5 Å². The maximum Gasteiger partial charge on any atom is 0.305 e. The highest BCUT2D eigenvalue weighted by Gasteiger charge is 2.13. The predicted octanol–water partition coefficient (Wildman–Crippen LogP) is 3.38. The van der Waals surface area contributed by atoms with E-state index in [9.17, 15) is 9.18 Å². The Labute approximate surface area is 129 Å². The van der Waals surface area contributed by atoms with Gasteiger partial charge in [0.05, 0.1) is 11.8 Å². The lowest BCUT2D eigenvalue weighted by Crippen LogP contribution is -2.09. The minimum Gasteiger partial charge on any atom is -0.481 e. The molecule has 2 N–H and O–H groups in total.